The summed E-state index contributed by atoms with van der Waals surface area (Å²) in [5.74, 6) is 1.76. The Morgan fingerprint density at radius 1 is 0.889 bits per heavy atom. The zero-order valence-electron chi connectivity index (χ0n) is 22.9. The maximum Gasteiger partial charge on any atom is 0.117 e. The highest BCUT2D eigenvalue weighted by molar-refractivity contribution is 5.63. The van der Waals surface area contributed by atoms with Crippen LogP contribution in [0.4, 0.5) is 11.4 Å². The van der Waals surface area contributed by atoms with E-state index >= 15 is 0 Å². The van der Waals surface area contributed by atoms with Crippen LogP contribution in [0.3, 0.4) is 0 Å². The van der Waals surface area contributed by atoms with Crippen LogP contribution in [-0.4, -0.2) is 57.4 Å². The highest BCUT2D eigenvalue weighted by atomic mass is 16.5. The number of benzene rings is 1. The lowest BCUT2D eigenvalue weighted by Gasteiger charge is -2.42. The van der Waals surface area contributed by atoms with E-state index in [2.05, 4.69) is 52.8 Å². The standard InChI is InChI=1S/C31H47N3O2/c1-4-31(5-2)14-10-25(11-15-31)29-23-26(33-16-12-27(35-3)13-17-33)8-9-30(29)34-20-18-32(19-21-34)24-28-7-6-22-36-28/h6-9,22-23,25,27H,4-5,10-21,24H2,1-3H3. The zero-order chi connectivity index (χ0) is 25.0. The monoisotopic (exact) mass is 493 g/mol. The van der Waals surface area contributed by atoms with Crippen LogP contribution < -0.4 is 9.80 Å². The molecule has 1 aromatic carbocycles. The molecule has 3 fully saturated rings. The van der Waals surface area contributed by atoms with Crippen LogP contribution in [0.1, 0.15) is 82.5 Å². The summed E-state index contributed by atoms with van der Waals surface area (Å²) >= 11 is 0. The van der Waals surface area contributed by atoms with Crippen molar-refractivity contribution in [1.29, 1.82) is 0 Å². The SMILES string of the molecule is CCC1(CC)CCC(c2cc(N3CCC(OC)CC3)ccc2N2CCN(Cc3ccco3)CC2)CC1. The Hall–Kier alpha value is -1.98. The molecule has 0 amide bonds. The normalized spacial score (nSPS) is 22.3. The number of piperazine rings is 1. The molecule has 3 heterocycles. The molecule has 2 aromatic rings. The zero-order valence-corrected chi connectivity index (χ0v) is 22.9. The first kappa shape index (κ1) is 25.7. The fourth-order valence-electron chi connectivity index (χ4n) is 6.97. The molecule has 0 bridgehead atoms. The van der Waals surface area contributed by atoms with Crippen LogP contribution >= 0.6 is 0 Å². The third kappa shape index (κ3) is 5.62. The van der Waals surface area contributed by atoms with Gasteiger partial charge in [-0.15, -0.1) is 0 Å². The summed E-state index contributed by atoms with van der Waals surface area (Å²) in [6.45, 7) is 12.3. The second-order valence-electron chi connectivity index (χ2n) is 11.5. The van der Waals surface area contributed by atoms with E-state index in [9.17, 15) is 0 Å². The summed E-state index contributed by atoms with van der Waals surface area (Å²) in [4.78, 5) is 7.78. The van der Waals surface area contributed by atoms with Gasteiger partial charge in [-0.25, -0.2) is 0 Å². The van der Waals surface area contributed by atoms with Crippen LogP contribution in [-0.2, 0) is 11.3 Å². The highest BCUT2D eigenvalue weighted by Crippen LogP contribution is 2.49. The summed E-state index contributed by atoms with van der Waals surface area (Å²) in [6.07, 6.45) is 12.6. The van der Waals surface area contributed by atoms with Gasteiger partial charge in [0.1, 0.15) is 5.76 Å². The number of nitrogens with zero attached hydrogens (tertiary/aromatic N) is 3. The quantitative estimate of drug-likeness (QED) is 0.409. The third-order valence-electron chi connectivity index (χ3n) is 9.81. The second-order valence-corrected chi connectivity index (χ2v) is 11.5. The molecule has 5 rings (SSSR count). The molecule has 1 saturated carbocycles. The van der Waals surface area contributed by atoms with Crippen molar-refractivity contribution in [3.63, 3.8) is 0 Å². The van der Waals surface area contributed by atoms with Gasteiger partial charge in [0.05, 0.1) is 18.9 Å². The molecule has 1 aliphatic carbocycles. The largest absolute Gasteiger partial charge is 0.468 e. The Morgan fingerprint density at radius 2 is 1.61 bits per heavy atom. The average Bonchev–Trinajstić information content (AvgIpc) is 3.46. The predicted octanol–water partition coefficient (Wildman–Crippen LogP) is 6.68. The van der Waals surface area contributed by atoms with Gasteiger partial charge in [-0.05, 0) is 85.8 Å². The van der Waals surface area contributed by atoms with E-state index in [1.165, 1.54) is 49.9 Å². The molecular formula is C31H47N3O2. The van der Waals surface area contributed by atoms with Crippen molar-refractivity contribution in [2.24, 2.45) is 5.41 Å². The summed E-state index contributed by atoms with van der Waals surface area (Å²) in [5, 5.41) is 0. The minimum atomic E-state index is 0.423. The van der Waals surface area contributed by atoms with Crippen LogP contribution in [0, 0.1) is 5.41 Å². The highest BCUT2D eigenvalue weighted by Gasteiger charge is 2.34. The van der Waals surface area contributed by atoms with Gasteiger partial charge in [0.15, 0.2) is 0 Å². The predicted molar refractivity (Wildman–Crippen MR) is 149 cm³/mol. The first-order valence-electron chi connectivity index (χ1n) is 14.5. The van der Waals surface area contributed by atoms with Crippen molar-refractivity contribution >= 4 is 11.4 Å². The molecule has 1 aromatic heterocycles. The first-order chi connectivity index (χ1) is 17.6. The van der Waals surface area contributed by atoms with Crippen LogP contribution in [0.5, 0.6) is 0 Å². The fourth-order valence-corrected chi connectivity index (χ4v) is 6.97. The number of anilines is 2. The van der Waals surface area contributed by atoms with Gasteiger partial charge in [0.2, 0.25) is 0 Å². The Labute approximate surface area is 218 Å². The summed E-state index contributed by atoms with van der Waals surface area (Å²) in [5.41, 5.74) is 5.10. The number of ether oxygens (including phenoxy) is 1. The van der Waals surface area contributed by atoms with Crippen molar-refractivity contribution in [3.8, 4) is 0 Å². The van der Waals surface area contributed by atoms with Gasteiger partial charge in [0.25, 0.3) is 0 Å². The van der Waals surface area contributed by atoms with Gasteiger partial charge in [-0.2, -0.15) is 0 Å². The molecule has 36 heavy (non-hydrogen) atoms. The molecular weight excluding hydrogens is 446 g/mol. The Morgan fingerprint density at radius 3 is 2.22 bits per heavy atom. The Kier molecular flexibility index (Phi) is 8.27. The lowest BCUT2D eigenvalue weighted by Crippen LogP contribution is -2.46. The molecule has 198 valence electrons. The third-order valence-corrected chi connectivity index (χ3v) is 9.81. The minimum absolute atomic E-state index is 0.423. The number of hydrogen-bond donors (Lipinski definition) is 0. The average molecular weight is 494 g/mol. The van der Waals surface area contributed by atoms with E-state index in [0.717, 1.165) is 64.4 Å². The Balaban J connectivity index is 1.33. The van der Waals surface area contributed by atoms with Crippen molar-refractivity contribution in [2.75, 3.05) is 56.2 Å². The van der Waals surface area contributed by atoms with E-state index in [1.807, 2.05) is 13.2 Å². The number of hydrogen-bond acceptors (Lipinski definition) is 5. The van der Waals surface area contributed by atoms with Crippen LogP contribution in [0.25, 0.3) is 0 Å². The van der Waals surface area contributed by atoms with Crippen LogP contribution in [0.15, 0.2) is 41.0 Å². The number of piperidine rings is 1. The molecule has 2 saturated heterocycles. The van der Waals surface area contributed by atoms with Gasteiger partial charge in [-0.3, -0.25) is 4.90 Å². The summed E-state index contributed by atoms with van der Waals surface area (Å²) in [6, 6.07) is 11.5. The topological polar surface area (TPSA) is 32.1 Å². The maximum absolute atomic E-state index is 5.63. The van der Waals surface area contributed by atoms with Crippen molar-refractivity contribution in [2.45, 2.75) is 83.8 Å². The van der Waals surface area contributed by atoms with Gasteiger partial charge < -0.3 is 19.0 Å². The molecule has 0 radical (unpaired) electrons. The Bertz CT molecular complexity index is 929. The van der Waals surface area contributed by atoms with E-state index < -0.39 is 0 Å². The smallest absolute Gasteiger partial charge is 0.117 e. The molecule has 0 spiro atoms. The van der Waals surface area contributed by atoms with E-state index in [1.54, 1.807) is 11.8 Å². The molecule has 0 unspecified atom stereocenters. The second kappa shape index (κ2) is 11.6. The van der Waals surface area contributed by atoms with E-state index in [-0.39, 0.29) is 0 Å². The number of rotatable bonds is 8. The maximum atomic E-state index is 5.63. The van der Waals surface area contributed by atoms with Crippen molar-refractivity contribution in [1.82, 2.24) is 4.90 Å². The summed E-state index contributed by atoms with van der Waals surface area (Å²) < 4.78 is 11.2. The van der Waals surface area contributed by atoms with E-state index in [4.69, 9.17) is 9.15 Å². The lowest BCUT2D eigenvalue weighted by atomic mass is 9.66. The van der Waals surface area contributed by atoms with Gasteiger partial charge in [-0.1, -0.05) is 26.7 Å². The molecule has 2 aliphatic heterocycles. The molecule has 3 aliphatic rings. The number of furan rings is 1. The van der Waals surface area contributed by atoms with Crippen molar-refractivity contribution in [3.05, 3.63) is 47.9 Å². The number of methoxy groups -OCH3 is 1. The first-order valence-corrected chi connectivity index (χ1v) is 14.5. The summed E-state index contributed by atoms with van der Waals surface area (Å²) in [7, 11) is 1.86. The van der Waals surface area contributed by atoms with Gasteiger partial charge in [0, 0.05) is 57.8 Å². The molecule has 0 atom stereocenters. The molecule has 5 nitrogen and oxygen atoms in total. The van der Waals surface area contributed by atoms with Gasteiger partial charge >= 0.3 is 0 Å². The lowest BCUT2D eigenvalue weighted by molar-refractivity contribution is 0.0819. The fraction of sp³-hybridized carbons (Fsp3) is 0.677. The molecule has 0 N–H and O–H groups in total. The minimum Gasteiger partial charge on any atom is -0.468 e. The molecule has 5 heteroatoms. The van der Waals surface area contributed by atoms with Crippen molar-refractivity contribution < 1.29 is 9.15 Å². The van der Waals surface area contributed by atoms with Crippen LogP contribution in [0.2, 0.25) is 0 Å². The van der Waals surface area contributed by atoms with E-state index in [0.29, 0.717) is 17.4 Å².